The van der Waals surface area contributed by atoms with Crippen molar-refractivity contribution in [2.45, 2.75) is 46.1 Å². The fourth-order valence-corrected chi connectivity index (χ4v) is 2.30. The summed E-state index contributed by atoms with van der Waals surface area (Å²) >= 11 is 4.42. The van der Waals surface area contributed by atoms with Crippen molar-refractivity contribution in [2.75, 3.05) is 18.8 Å². The van der Waals surface area contributed by atoms with Crippen molar-refractivity contribution in [2.24, 2.45) is 11.8 Å². The zero-order valence-electron chi connectivity index (χ0n) is 9.87. The van der Waals surface area contributed by atoms with Gasteiger partial charge in [-0.05, 0) is 30.4 Å². The molecule has 2 heteroatoms. The monoisotopic (exact) mass is 215 g/mol. The van der Waals surface area contributed by atoms with Gasteiger partial charge in [-0.3, -0.25) is 4.90 Å². The molecule has 0 saturated heterocycles. The van der Waals surface area contributed by atoms with E-state index >= 15 is 0 Å². The number of hydrogen-bond donors (Lipinski definition) is 1. The van der Waals surface area contributed by atoms with Crippen LogP contribution in [-0.4, -0.2) is 29.8 Å². The second kappa shape index (κ2) is 6.02. The highest BCUT2D eigenvalue weighted by molar-refractivity contribution is 7.80. The molecule has 0 N–H and O–H groups in total. The van der Waals surface area contributed by atoms with Gasteiger partial charge < -0.3 is 0 Å². The Balaban J connectivity index is 2.33. The highest BCUT2D eigenvalue weighted by Gasteiger charge is 2.30. The minimum Gasteiger partial charge on any atom is -0.300 e. The molecule has 1 aliphatic rings. The van der Waals surface area contributed by atoms with Crippen LogP contribution in [0.3, 0.4) is 0 Å². The van der Waals surface area contributed by atoms with Crippen LogP contribution in [0.2, 0.25) is 0 Å². The smallest absolute Gasteiger partial charge is 0.00966 e. The third-order valence-electron chi connectivity index (χ3n) is 2.99. The molecule has 1 aliphatic carbocycles. The van der Waals surface area contributed by atoms with Gasteiger partial charge in [-0.15, -0.1) is 0 Å². The van der Waals surface area contributed by atoms with E-state index in [4.69, 9.17) is 0 Å². The van der Waals surface area contributed by atoms with Gasteiger partial charge in [0.1, 0.15) is 0 Å². The molecule has 1 unspecified atom stereocenters. The maximum atomic E-state index is 4.42. The van der Waals surface area contributed by atoms with E-state index in [1.165, 1.54) is 32.4 Å². The number of hydrogen-bond acceptors (Lipinski definition) is 2. The van der Waals surface area contributed by atoms with Gasteiger partial charge in [-0.1, -0.05) is 27.2 Å². The van der Waals surface area contributed by atoms with Gasteiger partial charge >= 0.3 is 0 Å². The summed E-state index contributed by atoms with van der Waals surface area (Å²) in [6.07, 6.45) is 4.12. The molecule has 0 aromatic heterocycles. The highest BCUT2D eigenvalue weighted by Crippen LogP contribution is 2.28. The van der Waals surface area contributed by atoms with Crippen LogP contribution >= 0.6 is 12.6 Å². The Morgan fingerprint density at radius 2 is 1.93 bits per heavy atom. The predicted molar refractivity (Wildman–Crippen MR) is 67.1 cm³/mol. The Morgan fingerprint density at radius 3 is 2.29 bits per heavy atom. The summed E-state index contributed by atoms with van der Waals surface area (Å²) in [6, 6.07) is 0.909. The predicted octanol–water partition coefficient (Wildman–Crippen LogP) is 3.06. The lowest BCUT2D eigenvalue weighted by molar-refractivity contribution is 0.204. The standard InChI is InChI=1S/C12H25NS/c1-4-11(9-14)8-13(7-10(2)3)12-5-6-12/h10-12,14H,4-9H2,1-3H3. The van der Waals surface area contributed by atoms with Crippen molar-refractivity contribution in [3.63, 3.8) is 0 Å². The van der Waals surface area contributed by atoms with Crippen LogP contribution in [0.1, 0.15) is 40.0 Å². The molecule has 0 bridgehead atoms. The van der Waals surface area contributed by atoms with Crippen molar-refractivity contribution < 1.29 is 0 Å². The van der Waals surface area contributed by atoms with Gasteiger partial charge in [0.15, 0.2) is 0 Å². The molecule has 1 rings (SSSR count). The van der Waals surface area contributed by atoms with Gasteiger partial charge in [0.2, 0.25) is 0 Å². The average molecular weight is 215 g/mol. The Bertz CT molecular complexity index is 150. The van der Waals surface area contributed by atoms with Crippen molar-refractivity contribution >= 4 is 12.6 Å². The molecule has 0 heterocycles. The molecule has 0 aliphatic heterocycles. The van der Waals surface area contributed by atoms with E-state index in [1.54, 1.807) is 0 Å². The first-order valence-corrected chi connectivity index (χ1v) is 6.65. The molecular weight excluding hydrogens is 190 g/mol. The summed E-state index contributed by atoms with van der Waals surface area (Å²) in [7, 11) is 0. The quantitative estimate of drug-likeness (QED) is 0.639. The first-order valence-electron chi connectivity index (χ1n) is 6.02. The lowest BCUT2D eigenvalue weighted by atomic mass is 10.1. The fraction of sp³-hybridized carbons (Fsp3) is 1.00. The summed E-state index contributed by atoms with van der Waals surface area (Å²) in [5.74, 6) is 2.63. The molecule has 1 saturated carbocycles. The van der Waals surface area contributed by atoms with E-state index in [2.05, 4.69) is 38.3 Å². The van der Waals surface area contributed by atoms with Gasteiger partial charge in [-0.25, -0.2) is 0 Å². The molecule has 0 spiro atoms. The fourth-order valence-electron chi connectivity index (χ4n) is 1.93. The molecular formula is C12H25NS. The molecule has 0 aromatic rings. The third kappa shape index (κ3) is 4.22. The largest absolute Gasteiger partial charge is 0.300 e. The second-order valence-corrected chi connectivity index (χ2v) is 5.40. The minimum atomic E-state index is 0.790. The molecule has 0 aromatic carbocycles. The van der Waals surface area contributed by atoms with Crippen LogP contribution in [0.25, 0.3) is 0 Å². The minimum absolute atomic E-state index is 0.790. The van der Waals surface area contributed by atoms with E-state index in [0.717, 1.165) is 23.6 Å². The Morgan fingerprint density at radius 1 is 1.29 bits per heavy atom. The van der Waals surface area contributed by atoms with Crippen LogP contribution in [0, 0.1) is 11.8 Å². The third-order valence-corrected chi connectivity index (χ3v) is 3.51. The molecule has 0 radical (unpaired) electrons. The SMILES string of the molecule is CCC(CS)CN(CC(C)C)C1CC1. The summed E-state index contributed by atoms with van der Waals surface area (Å²) in [5, 5.41) is 0. The summed E-state index contributed by atoms with van der Waals surface area (Å²) in [5.41, 5.74) is 0. The van der Waals surface area contributed by atoms with Crippen molar-refractivity contribution in [1.82, 2.24) is 4.90 Å². The second-order valence-electron chi connectivity index (χ2n) is 5.04. The zero-order chi connectivity index (χ0) is 10.6. The van der Waals surface area contributed by atoms with E-state index in [9.17, 15) is 0 Å². The van der Waals surface area contributed by atoms with E-state index in [0.29, 0.717) is 0 Å². The van der Waals surface area contributed by atoms with Crippen LogP contribution in [0.4, 0.5) is 0 Å². The maximum absolute atomic E-state index is 4.42. The Labute approximate surface area is 94.7 Å². The lowest BCUT2D eigenvalue weighted by Gasteiger charge is -2.27. The first-order chi connectivity index (χ1) is 6.67. The van der Waals surface area contributed by atoms with Crippen molar-refractivity contribution in [3.8, 4) is 0 Å². The highest BCUT2D eigenvalue weighted by atomic mass is 32.1. The van der Waals surface area contributed by atoms with Crippen LogP contribution in [0.5, 0.6) is 0 Å². The van der Waals surface area contributed by atoms with Crippen LogP contribution in [0.15, 0.2) is 0 Å². The Hall–Kier alpha value is 0.310. The first kappa shape index (κ1) is 12.4. The maximum Gasteiger partial charge on any atom is 0.00966 e. The van der Waals surface area contributed by atoms with E-state index in [-0.39, 0.29) is 0 Å². The molecule has 84 valence electrons. The molecule has 14 heavy (non-hydrogen) atoms. The van der Waals surface area contributed by atoms with Gasteiger partial charge in [-0.2, -0.15) is 12.6 Å². The zero-order valence-corrected chi connectivity index (χ0v) is 10.8. The van der Waals surface area contributed by atoms with Crippen LogP contribution in [-0.2, 0) is 0 Å². The summed E-state index contributed by atoms with van der Waals surface area (Å²) in [6.45, 7) is 9.45. The van der Waals surface area contributed by atoms with Gasteiger partial charge in [0.25, 0.3) is 0 Å². The number of thiol groups is 1. The summed E-state index contributed by atoms with van der Waals surface area (Å²) in [4.78, 5) is 2.69. The molecule has 0 amide bonds. The van der Waals surface area contributed by atoms with E-state index in [1.807, 2.05) is 0 Å². The molecule has 1 fully saturated rings. The average Bonchev–Trinajstić information content (AvgIpc) is 2.94. The Kier molecular flexibility index (Phi) is 5.32. The van der Waals surface area contributed by atoms with Crippen molar-refractivity contribution in [3.05, 3.63) is 0 Å². The topological polar surface area (TPSA) is 3.24 Å². The normalized spacial score (nSPS) is 19.3. The number of nitrogens with zero attached hydrogens (tertiary/aromatic N) is 1. The van der Waals surface area contributed by atoms with Gasteiger partial charge in [0, 0.05) is 19.1 Å². The number of rotatable bonds is 7. The van der Waals surface area contributed by atoms with E-state index < -0.39 is 0 Å². The molecule has 1 nitrogen and oxygen atoms in total. The summed E-state index contributed by atoms with van der Waals surface area (Å²) < 4.78 is 0. The lowest BCUT2D eigenvalue weighted by Crippen LogP contribution is -2.35. The van der Waals surface area contributed by atoms with Crippen molar-refractivity contribution in [1.29, 1.82) is 0 Å². The van der Waals surface area contributed by atoms with Crippen LogP contribution < -0.4 is 0 Å². The molecule has 1 atom stereocenters. The van der Waals surface area contributed by atoms with Gasteiger partial charge in [0.05, 0.1) is 0 Å².